The number of unbranched alkanes of at least 4 members (excludes halogenated alkanes) is 4. The van der Waals surface area contributed by atoms with Crippen LogP contribution >= 0.6 is 0 Å². The molecule has 0 bridgehead atoms. The third-order valence-corrected chi connectivity index (χ3v) is 3.68. The highest BCUT2D eigenvalue weighted by Gasteiger charge is 2.31. The molecule has 0 aliphatic rings. The predicted octanol–water partition coefficient (Wildman–Crippen LogP) is 5.06. The van der Waals surface area contributed by atoms with Gasteiger partial charge in [-0.2, -0.15) is 0 Å². The molecule has 0 aliphatic heterocycles. The van der Waals surface area contributed by atoms with Crippen molar-refractivity contribution in [3.05, 3.63) is 60.8 Å². The Morgan fingerprint density at radius 3 is 1.96 bits per heavy atom. The number of carboxylic acid groups (broad SMARTS) is 1. The lowest BCUT2D eigenvalue weighted by molar-refractivity contribution is -0.205. The summed E-state index contributed by atoms with van der Waals surface area (Å²) in [4.78, 5) is 10.5. The van der Waals surface area contributed by atoms with Crippen molar-refractivity contribution in [1.82, 2.24) is 0 Å². The van der Waals surface area contributed by atoms with Crippen LogP contribution in [0.15, 0.2) is 60.8 Å². The van der Waals surface area contributed by atoms with Gasteiger partial charge >= 0.3 is 5.97 Å². The molecule has 0 saturated carbocycles. The van der Waals surface area contributed by atoms with Crippen LogP contribution in [0.4, 0.5) is 0 Å². The maximum atomic E-state index is 10.5. The van der Waals surface area contributed by atoms with Crippen LogP contribution in [0, 0.1) is 0 Å². The maximum Gasteiger partial charge on any atom is 0.364 e. The second kappa shape index (κ2) is 16.6. The Morgan fingerprint density at radius 2 is 1.35 bits per heavy atom. The summed E-state index contributed by atoms with van der Waals surface area (Å²) in [5, 5.41) is 26.8. The molecule has 0 aromatic carbocycles. The van der Waals surface area contributed by atoms with Crippen LogP contribution in [-0.2, 0) is 4.79 Å². The molecule has 0 aromatic heterocycles. The van der Waals surface area contributed by atoms with Crippen molar-refractivity contribution in [2.24, 2.45) is 0 Å². The first-order valence-electron chi connectivity index (χ1n) is 9.47. The van der Waals surface area contributed by atoms with Crippen molar-refractivity contribution < 1.29 is 20.1 Å². The van der Waals surface area contributed by atoms with Crippen molar-refractivity contribution in [1.29, 1.82) is 0 Å². The third-order valence-electron chi connectivity index (χ3n) is 3.68. The standard InChI is InChI=1S/C22H34O4/c1-2-3-4-5-6-7-8-9-10-11-12-13-14-15-16-17-18-19-20-22(25,26)21(23)24/h3-4,7-10,12-15,25-26H,2,5-6,11,16-20H2,1H3,(H,23,24)/b4-3-,8-7+,10-9-,13-12-,15-14+. The molecule has 0 amide bonds. The monoisotopic (exact) mass is 362 g/mol. The zero-order chi connectivity index (χ0) is 19.5. The number of hydrogen-bond donors (Lipinski definition) is 3. The molecule has 0 heterocycles. The van der Waals surface area contributed by atoms with E-state index in [9.17, 15) is 4.79 Å². The number of hydrogen-bond acceptors (Lipinski definition) is 3. The Morgan fingerprint density at radius 1 is 0.769 bits per heavy atom. The summed E-state index contributed by atoms with van der Waals surface area (Å²) < 4.78 is 0. The Bertz CT molecular complexity index is 496. The Hall–Kier alpha value is -1.91. The van der Waals surface area contributed by atoms with Gasteiger partial charge in [-0.1, -0.05) is 74.1 Å². The first-order valence-corrected chi connectivity index (χ1v) is 9.47. The maximum absolute atomic E-state index is 10.5. The largest absolute Gasteiger partial charge is 0.477 e. The lowest BCUT2D eigenvalue weighted by Gasteiger charge is -2.15. The van der Waals surface area contributed by atoms with E-state index in [1.54, 1.807) is 0 Å². The van der Waals surface area contributed by atoms with Crippen LogP contribution in [0.5, 0.6) is 0 Å². The van der Waals surface area contributed by atoms with E-state index in [0.717, 1.165) is 44.9 Å². The average Bonchev–Trinajstić information content (AvgIpc) is 2.60. The molecule has 0 aliphatic carbocycles. The number of aliphatic carboxylic acids is 1. The molecular weight excluding hydrogens is 328 g/mol. The van der Waals surface area contributed by atoms with Crippen molar-refractivity contribution in [2.75, 3.05) is 0 Å². The van der Waals surface area contributed by atoms with Crippen molar-refractivity contribution in [3.63, 3.8) is 0 Å². The van der Waals surface area contributed by atoms with E-state index in [-0.39, 0.29) is 6.42 Å². The van der Waals surface area contributed by atoms with E-state index in [2.05, 4.69) is 55.5 Å². The summed E-state index contributed by atoms with van der Waals surface area (Å²) in [5.41, 5.74) is 0. The molecule has 26 heavy (non-hydrogen) atoms. The molecule has 0 radical (unpaired) electrons. The smallest absolute Gasteiger partial charge is 0.364 e. The topological polar surface area (TPSA) is 77.8 Å². The van der Waals surface area contributed by atoms with Gasteiger partial charge in [-0.05, 0) is 44.9 Å². The van der Waals surface area contributed by atoms with Crippen LogP contribution in [0.3, 0.4) is 0 Å². The summed E-state index contributed by atoms with van der Waals surface area (Å²) in [6, 6.07) is 0. The average molecular weight is 363 g/mol. The second-order valence-corrected chi connectivity index (χ2v) is 6.13. The quantitative estimate of drug-likeness (QED) is 0.165. The lowest BCUT2D eigenvalue weighted by atomic mass is 10.1. The highest BCUT2D eigenvalue weighted by molar-refractivity contribution is 5.74. The van der Waals surface area contributed by atoms with Gasteiger partial charge in [0.05, 0.1) is 0 Å². The van der Waals surface area contributed by atoms with E-state index in [1.165, 1.54) is 0 Å². The van der Waals surface area contributed by atoms with Gasteiger partial charge in [0.25, 0.3) is 5.79 Å². The van der Waals surface area contributed by atoms with Gasteiger partial charge in [-0.3, -0.25) is 0 Å². The van der Waals surface area contributed by atoms with Gasteiger partial charge < -0.3 is 15.3 Å². The van der Waals surface area contributed by atoms with Crippen LogP contribution in [0.1, 0.15) is 64.7 Å². The van der Waals surface area contributed by atoms with Crippen molar-refractivity contribution in [3.8, 4) is 0 Å². The molecular formula is C22H34O4. The normalized spacial score (nSPS) is 13.3. The molecule has 0 atom stereocenters. The van der Waals surface area contributed by atoms with Gasteiger partial charge in [0.1, 0.15) is 0 Å². The van der Waals surface area contributed by atoms with Gasteiger partial charge in [0.15, 0.2) is 0 Å². The molecule has 146 valence electrons. The highest BCUT2D eigenvalue weighted by Crippen LogP contribution is 2.13. The van der Waals surface area contributed by atoms with Crippen LogP contribution in [-0.4, -0.2) is 27.1 Å². The van der Waals surface area contributed by atoms with Gasteiger partial charge in [0.2, 0.25) is 0 Å². The van der Waals surface area contributed by atoms with E-state index < -0.39 is 11.8 Å². The minimum Gasteiger partial charge on any atom is -0.477 e. The first kappa shape index (κ1) is 24.1. The molecule has 0 unspecified atom stereocenters. The first-order chi connectivity index (χ1) is 12.5. The summed E-state index contributed by atoms with van der Waals surface area (Å²) >= 11 is 0. The number of aliphatic hydroxyl groups is 2. The lowest BCUT2D eigenvalue weighted by Crippen LogP contribution is -2.37. The minimum atomic E-state index is -2.59. The summed E-state index contributed by atoms with van der Waals surface area (Å²) in [7, 11) is 0. The molecule has 0 saturated heterocycles. The molecule has 0 fully saturated rings. The van der Waals surface area contributed by atoms with E-state index in [1.807, 2.05) is 12.2 Å². The fraction of sp³-hybridized carbons (Fsp3) is 0.500. The molecule has 0 rings (SSSR count). The van der Waals surface area contributed by atoms with Crippen molar-refractivity contribution in [2.45, 2.75) is 70.5 Å². The Balaban J connectivity index is 3.59. The fourth-order valence-corrected chi connectivity index (χ4v) is 2.14. The molecule has 0 spiro atoms. The Labute approximate surface area is 157 Å². The molecule has 4 nitrogen and oxygen atoms in total. The predicted molar refractivity (Wildman–Crippen MR) is 108 cm³/mol. The molecule has 0 aromatic rings. The highest BCUT2D eigenvalue weighted by atomic mass is 16.5. The Kier molecular flexibility index (Phi) is 15.3. The zero-order valence-corrected chi connectivity index (χ0v) is 15.9. The van der Waals surface area contributed by atoms with Crippen LogP contribution in [0.2, 0.25) is 0 Å². The zero-order valence-electron chi connectivity index (χ0n) is 15.9. The van der Waals surface area contributed by atoms with Crippen molar-refractivity contribution >= 4 is 5.97 Å². The fourth-order valence-electron chi connectivity index (χ4n) is 2.14. The second-order valence-electron chi connectivity index (χ2n) is 6.13. The van der Waals surface area contributed by atoms with Crippen LogP contribution < -0.4 is 0 Å². The summed E-state index contributed by atoms with van der Waals surface area (Å²) in [5.74, 6) is -4.18. The molecule has 3 N–H and O–H groups in total. The SMILES string of the molecule is CC/C=C\CC/C=C/C=C\C/C=C\C=C\CCCCCC(O)(O)C(=O)O. The molecule has 4 heteroatoms. The van der Waals surface area contributed by atoms with Gasteiger partial charge in [0, 0.05) is 6.42 Å². The number of carbonyl (C=O) groups is 1. The van der Waals surface area contributed by atoms with Gasteiger partial charge in [-0.25, -0.2) is 4.79 Å². The number of rotatable bonds is 15. The van der Waals surface area contributed by atoms with E-state index >= 15 is 0 Å². The minimum absolute atomic E-state index is 0.137. The number of allylic oxidation sites excluding steroid dienone is 10. The summed E-state index contributed by atoms with van der Waals surface area (Å²) in [6.07, 6.45) is 28.1. The third kappa shape index (κ3) is 15.6. The number of carboxylic acids is 1. The van der Waals surface area contributed by atoms with Gasteiger partial charge in [-0.15, -0.1) is 0 Å². The van der Waals surface area contributed by atoms with E-state index in [0.29, 0.717) is 6.42 Å². The van der Waals surface area contributed by atoms with E-state index in [4.69, 9.17) is 15.3 Å². The van der Waals surface area contributed by atoms with Crippen LogP contribution in [0.25, 0.3) is 0 Å². The summed E-state index contributed by atoms with van der Waals surface area (Å²) in [6.45, 7) is 2.14.